The first-order valence-corrected chi connectivity index (χ1v) is 4.31. The fourth-order valence-electron chi connectivity index (χ4n) is 1.26. The Bertz CT molecular complexity index is 99.3. The first-order valence-electron chi connectivity index (χ1n) is 4.31. The summed E-state index contributed by atoms with van der Waals surface area (Å²) in [5, 5.41) is 9.63. The highest BCUT2D eigenvalue weighted by Gasteiger charge is 2.33. The van der Waals surface area contributed by atoms with Gasteiger partial charge in [-0.3, -0.25) is 0 Å². The topological polar surface area (TPSA) is 20.2 Å². The minimum absolute atomic E-state index is 0.0278. The van der Waals surface area contributed by atoms with E-state index < -0.39 is 0 Å². The van der Waals surface area contributed by atoms with Crippen molar-refractivity contribution in [3.63, 3.8) is 0 Å². The zero-order valence-electron chi connectivity index (χ0n) is 7.17. The minimum Gasteiger partial charge on any atom is -0.393 e. The van der Waals surface area contributed by atoms with E-state index in [0.717, 1.165) is 0 Å². The van der Waals surface area contributed by atoms with Crippen LogP contribution < -0.4 is 0 Å². The van der Waals surface area contributed by atoms with Crippen molar-refractivity contribution in [3.05, 3.63) is 0 Å². The van der Waals surface area contributed by atoms with E-state index >= 15 is 0 Å². The number of aliphatic hydroxyl groups excluding tert-OH is 1. The van der Waals surface area contributed by atoms with E-state index in [1.807, 2.05) is 0 Å². The van der Waals surface area contributed by atoms with Crippen molar-refractivity contribution in [2.75, 3.05) is 0 Å². The Labute approximate surface area is 63.4 Å². The summed E-state index contributed by atoms with van der Waals surface area (Å²) in [5.74, 6) is 1.74. The third-order valence-electron chi connectivity index (χ3n) is 2.70. The molecule has 0 aliphatic heterocycles. The van der Waals surface area contributed by atoms with Gasteiger partial charge in [-0.15, -0.1) is 0 Å². The summed E-state index contributed by atoms with van der Waals surface area (Å²) in [6.07, 6.45) is 2.47. The summed E-state index contributed by atoms with van der Waals surface area (Å²) in [5.41, 5.74) is 0. The molecule has 2 atom stereocenters. The van der Waals surface area contributed by atoms with Crippen LogP contribution in [0.2, 0.25) is 0 Å². The van der Waals surface area contributed by atoms with Crippen LogP contribution in [0.1, 0.15) is 33.6 Å². The fraction of sp³-hybridized carbons (Fsp3) is 1.00. The van der Waals surface area contributed by atoms with Crippen molar-refractivity contribution in [2.24, 2.45) is 17.8 Å². The Balaban J connectivity index is 2.30. The highest BCUT2D eigenvalue weighted by Crippen LogP contribution is 2.37. The van der Waals surface area contributed by atoms with Crippen LogP contribution in [0, 0.1) is 17.8 Å². The Kier molecular flexibility index (Phi) is 2.35. The van der Waals surface area contributed by atoms with Gasteiger partial charge < -0.3 is 5.11 Å². The van der Waals surface area contributed by atoms with Gasteiger partial charge in [0, 0.05) is 0 Å². The van der Waals surface area contributed by atoms with Gasteiger partial charge in [0.05, 0.1) is 6.10 Å². The van der Waals surface area contributed by atoms with Gasteiger partial charge in [-0.2, -0.15) is 0 Å². The van der Waals surface area contributed by atoms with Crippen molar-refractivity contribution in [1.82, 2.24) is 0 Å². The molecule has 1 aliphatic rings. The maximum atomic E-state index is 9.63. The fourth-order valence-corrected chi connectivity index (χ4v) is 1.26. The van der Waals surface area contributed by atoms with Gasteiger partial charge in [-0.25, -0.2) is 0 Å². The molecule has 0 aromatic heterocycles. The summed E-state index contributed by atoms with van der Waals surface area (Å²) in [6, 6.07) is 0. The molecule has 1 saturated carbocycles. The van der Waals surface area contributed by atoms with Gasteiger partial charge in [0.1, 0.15) is 0 Å². The van der Waals surface area contributed by atoms with Gasteiger partial charge in [0.15, 0.2) is 0 Å². The molecule has 1 unspecified atom stereocenters. The first kappa shape index (κ1) is 8.06. The van der Waals surface area contributed by atoms with Crippen molar-refractivity contribution in [2.45, 2.75) is 39.7 Å². The van der Waals surface area contributed by atoms with Crippen LogP contribution in [-0.2, 0) is 0 Å². The second-order valence-electron chi connectivity index (χ2n) is 3.93. The molecule has 0 spiro atoms. The molecule has 1 nitrogen and oxygen atoms in total. The normalized spacial score (nSPS) is 24.9. The minimum atomic E-state index is -0.0278. The molecule has 0 amide bonds. The summed E-state index contributed by atoms with van der Waals surface area (Å²) >= 11 is 0. The van der Waals surface area contributed by atoms with E-state index in [1.165, 1.54) is 12.8 Å². The molecular weight excluding hydrogens is 124 g/mol. The summed E-state index contributed by atoms with van der Waals surface area (Å²) in [6.45, 7) is 6.50. The Hall–Kier alpha value is -0.0400. The lowest BCUT2D eigenvalue weighted by Gasteiger charge is -2.21. The molecule has 0 heterocycles. The average molecular weight is 142 g/mol. The average Bonchev–Trinajstić information content (AvgIpc) is 2.65. The second-order valence-corrected chi connectivity index (χ2v) is 3.93. The van der Waals surface area contributed by atoms with E-state index in [9.17, 15) is 5.11 Å². The number of hydrogen-bond acceptors (Lipinski definition) is 1. The quantitative estimate of drug-likeness (QED) is 0.639. The highest BCUT2D eigenvalue weighted by molar-refractivity contribution is 4.84. The third-order valence-corrected chi connectivity index (χ3v) is 2.70. The van der Waals surface area contributed by atoms with Crippen LogP contribution >= 0.6 is 0 Å². The molecule has 0 aromatic rings. The summed E-state index contributed by atoms with van der Waals surface area (Å²) < 4.78 is 0. The zero-order chi connectivity index (χ0) is 7.72. The highest BCUT2D eigenvalue weighted by atomic mass is 16.3. The lowest BCUT2D eigenvalue weighted by Crippen LogP contribution is -2.23. The molecule has 60 valence electrons. The van der Waals surface area contributed by atoms with Gasteiger partial charge in [0.25, 0.3) is 0 Å². The first-order chi connectivity index (χ1) is 4.63. The number of hydrogen-bond donors (Lipinski definition) is 1. The van der Waals surface area contributed by atoms with Gasteiger partial charge in [-0.05, 0) is 30.6 Å². The predicted molar refractivity (Wildman–Crippen MR) is 42.7 cm³/mol. The van der Waals surface area contributed by atoms with Crippen molar-refractivity contribution >= 4 is 0 Å². The predicted octanol–water partition coefficient (Wildman–Crippen LogP) is 2.05. The van der Waals surface area contributed by atoms with E-state index in [0.29, 0.717) is 17.8 Å². The standard InChI is InChI=1S/C9H18O/c1-6(2)7(3)9(10)8-4-5-8/h6-10H,4-5H2,1-3H3/t7-,9?/m0/s1. The van der Waals surface area contributed by atoms with Crippen molar-refractivity contribution in [3.8, 4) is 0 Å². The molecule has 1 fully saturated rings. The molecule has 10 heavy (non-hydrogen) atoms. The van der Waals surface area contributed by atoms with Gasteiger partial charge in [-0.1, -0.05) is 20.8 Å². The molecule has 0 saturated heterocycles. The van der Waals surface area contributed by atoms with Gasteiger partial charge >= 0.3 is 0 Å². The maximum Gasteiger partial charge on any atom is 0.0596 e. The summed E-state index contributed by atoms with van der Waals surface area (Å²) in [7, 11) is 0. The Morgan fingerprint density at radius 3 is 2.00 bits per heavy atom. The lowest BCUT2D eigenvalue weighted by atomic mass is 9.90. The van der Waals surface area contributed by atoms with Crippen LogP contribution in [0.4, 0.5) is 0 Å². The molecule has 0 bridgehead atoms. The van der Waals surface area contributed by atoms with E-state index in [-0.39, 0.29) is 6.10 Å². The van der Waals surface area contributed by atoms with Crippen LogP contribution in [0.15, 0.2) is 0 Å². The van der Waals surface area contributed by atoms with Crippen LogP contribution in [0.5, 0.6) is 0 Å². The molecule has 1 heteroatoms. The molecular formula is C9H18O. The molecule has 1 aliphatic carbocycles. The zero-order valence-corrected chi connectivity index (χ0v) is 7.17. The lowest BCUT2D eigenvalue weighted by molar-refractivity contribution is 0.0722. The third kappa shape index (κ3) is 1.72. The van der Waals surface area contributed by atoms with Crippen LogP contribution in [0.3, 0.4) is 0 Å². The Morgan fingerprint density at radius 2 is 1.70 bits per heavy atom. The maximum absolute atomic E-state index is 9.63. The molecule has 1 rings (SSSR count). The largest absolute Gasteiger partial charge is 0.393 e. The van der Waals surface area contributed by atoms with E-state index in [4.69, 9.17) is 0 Å². The monoisotopic (exact) mass is 142 g/mol. The van der Waals surface area contributed by atoms with Crippen molar-refractivity contribution < 1.29 is 5.11 Å². The van der Waals surface area contributed by atoms with Crippen LogP contribution in [0.25, 0.3) is 0 Å². The molecule has 0 radical (unpaired) electrons. The summed E-state index contributed by atoms with van der Waals surface area (Å²) in [4.78, 5) is 0. The van der Waals surface area contributed by atoms with E-state index in [1.54, 1.807) is 0 Å². The molecule has 0 aromatic carbocycles. The molecule has 1 N–H and O–H groups in total. The van der Waals surface area contributed by atoms with Crippen molar-refractivity contribution in [1.29, 1.82) is 0 Å². The Morgan fingerprint density at radius 1 is 1.20 bits per heavy atom. The second kappa shape index (κ2) is 2.91. The van der Waals surface area contributed by atoms with E-state index in [2.05, 4.69) is 20.8 Å². The van der Waals surface area contributed by atoms with Crippen LogP contribution in [-0.4, -0.2) is 11.2 Å². The number of aliphatic hydroxyl groups is 1. The smallest absolute Gasteiger partial charge is 0.0596 e. The number of rotatable bonds is 3. The SMILES string of the molecule is CC(C)[C@H](C)C(O)C1CC1. The van der Waals surface area contributed by atoms with Gasteiger partial charge in [0.2, 0.25) is 0 Å².